The third kappa shape index (κ3) is 36.2. The standard InChI is InChI=1S/C83H124N22O17S4/c1-45(2)38-60(74(114)98-59(68(86)108)40-49-20-9-8-10-21-49)99-70(110)56(25-14-16-32-85)96-75(115)62(41-50-43-93-53-23-12-11-22-52(50)53)100-71(111)57(26-17-33-91-81(87)88)94-69(109)55(24-13-15-31-84)95-73(113)61(39-46(3)4)101-76(116)66(47(5)6)105-72(112)58(27-18-34-92-82(89)90)97-77(117)67(48(7)106)104-65(107)30-37-125-124-36-19-35-121-83(120)122-51-28-29-54-64(42-51)126-79(102-54)78-103-63(44-123-78)80(118)119/h8-12,20-23,28-29,42-43,45-48,55-63,66-67,93,106H,13-19,24-27,30-41,44,84-85H2,1-7H3,(H2,86,108)(H,94,109)(H,95,113)(H,96,115)(H,97,117)(H,98,114)(H,99,110)(H,100,111)(H,101,116)(H,104,107)(H,105,112)(H,118,119)(H4,87,88,91)(H4,89,90,92)/t48-,55-,56-,57-,58-,59-,60-,61-,62-,63+,66-,67-/m0/s1. The number of nitrogens with zero attached hydrogens (tertiary/aromatic N) is 2. The number of carbonyl (C=O) groups excluding carboxylic acids is 12. The Morgan fingerprint density at radius 2 is 1.05 bits per heavy atom. The van der Waals surface area contributed by atoms with Crippen molar-refractivity contribution in [3.8, 4) is 5.75 Å². The number of ether oxygens (including phenoxy) is 2. The van der Waals surface area contributed by atoms with Crippen LogP contribution in [0.4, 0.5) is 4.79 Å². The Bertz CT molecular complexity index is 4520. The number of guanidine groups is 2. The number of aliphatic carboxylic acids is 1. The van der Waals surface area contributed by atoms with E-state index in [2.05, 4.69) is 78.8 Å². The molecule has 5 aromatic rings. The number of nitrogens with two attached hydrogens (primary N) is 5. The van der Waals surface area contributed by atoms with Crippen LogP contribution in [0.1, 0.15) is 154 Å². The average molecular weight is 1830 g/mol. The van der Waals surface area contributed by atoms with Crippen LogP contribution in [0.25, 0.3) is 21.1 Å². The lowest BCUT2D eigenvalue weighted by atomic mass is 9.98. The average Bonchev–Trinajstić information content (AvgIpc) is 1.66. The van der Waals surface area contributed by atoms with Crippen LogP contribution in [0.3, 0.4) is 0 Å². The number of fused-ring (bicyclic) bond motifs is 2. The predicted molar refractivity (Wildman–Crippen MR) is 486 cm³/mol. The molecule has 3 aromatic carbocycles. The highest BCUT2D eigenvalue weighted by molar-refractivity contribution is 8.76. The number of hydrogen-bond donors (Lipinski definition) is 22. The molecule has 692 valence electrons. The lowest BCUT2D eigenvalue weighted by Crippen LogP contribution is -2.61. The van der Waals surface area contributed by atoms with Crippen molar-refractivity contribution in [2.75, 3.05) is 50.0 Å². The fourth-order valence-electron chi connectivity index (χ4n) is 13.3. The minimum absolute atomic E-state index is 0.00509. The van der Waals surface area contributed by atoms with E-state index in [9.17, 15) is 58.2 Å². The lowest BCUT2D eigenvalue weighted by molar-refractivity contribution is -0.138. The first-order valence-electron chi connectivity index (χ1n) is 42.1. The summed E-state index contributed by atoms with van der Waals surface area (Å²) < 4.78 is 11.3. The Morgan fingerprint density at radius 3 is 1.58 bits per heavy atom. The van der Waals surface area contributed by atoms with Gasteiger partial charge < -0.3 is 117 Å². The van der Waals surface area contributed by atoms with Crippen molar-refractivity contribution >= 4 is 160 Å². The summed E-state index contributed by atoms with van der Waals surface area (Å²) in [5.41, 5.74) is 31.5. The van der Waals surface area contributed by atoms with Gasteiger partial charge in [-0.1, -0.05) is 112 Å². The van der Waals surface area contributed by atoms with Gasteiger partial charge in [-0.05, 0) is 151 Å². The van der Waals surface area contributed by atoms with Gasteiger partial charge in [0.25, 0.3) is 0 Å². The first-order valence-corrected chi connectivity index (χ1v) is 46.4. The first-order chi connectivity index (χ1) is 60.0. The van der Waals surface area contributed by atoms with Crippen molar-refractivity contribution in [3.05, 3.63) is 95.1 Å². The summed E-state index contributed by atoms with van der Waals surface area (Å²) in [4.78, 5) is 194. The number of H-pyrrole nitrogens is 1. The number of carboxylic acids is 1. The highest BCUT2D eigenvalue weighted by Gasteiger charge is 2.39. The molecule has 0 saturated carbocycles. The van der Waals surface area contributed by atoms with Gasteiger partial charge in [-0.25, -0.2) is 14.6 Å². The summed E-state index contributed by atoms with van der Waals surface area (Å²) in [5, 5.41) is 70.2. The minimum atomic E-state index is -1.57. The highest BCUT2D eigenvalue weighted by atomic mass is 33.1. The number of thiazole rings is 1. The summed E-state index contributed by atoms with van der Waals surface area (Å²) in [5.74, 6) is -10.5. The zero-order valence-electron chi connectivity index (χ0n) is 72.1. The molecule has 0 spiro atoms. The molecule has 12 atom stereocenters. The van der Waals surface area contributed by atoms with Crippen LogP contribution in [-0.2, 0) is 75.1 Å². The Hall–Kier alpha value is -10.9. The van der Waals surface area contributed by atoms with Crippen LogP contribution >= 0.6 is 44.7 Å². The van der Waals surface area contributed by atoms with E-state index in [1.807, 2.05) is 26.0 Å². The molecular formula is C83H124N22O17S4. The van der Waals surface area contributed by atoms with Gasteiger partial charge in [-0.15, -0.1) is 23.1 Å². The minimum Gasteiger partial charge on any atom is -0.480 e. The first kappa shape index (κ1) is 104. The number of para-hydroxylation sites is 1. The number of unbranched alkanes of at least 4 members (excludes halogenated alkanes) is 2. The Balaban J connectivity index is 1.12. The van der Waals surface area contributed by atoms with E-state index in [0.29, 0.717) is 73.9 Å². The number of aromatic amines is 1. The van der Waals surface area contributed by atoms with Crippen LogP contribution in [0, 0.1) is 28.6 Å². The maximum atomic E-state index is 15.2. The monoisotopic (exact) mass is 1830 g/mol. The molecule has 27 N–H and O–H groups in total. The van der Waals surface area contributed by atoms with E-state index in [0.717, 1.165) is 5.56 Å². The lowest BCUT2D eigenvalue weighted by Gasteiger charge is -2.30. The number of nitrogens with one attached hydrogen (secondary N) is 15. The second-order valence-electron chi connectivity index (χ2n) is 31.7. The molecule has 0 bridgehead atoms. The van der Waals surface area contributed by atoms with Gasteiger partial charge >= 0.3 is 12.1 Å². The Labute approximate surface area is 748 Å². The summed E-state index contributed by atoms with van der Waals surface area (Å²) in [6.07, 6.45) is 1.02. The van der Waals surface area contributed by atoms with E-state index in [4.69, 9.17) is 49.0 Å². The van der Waals surface area contributed by atoms with E-state index in [1.54, 1.807) is 94.6 Å². The molecule has 3 heterocycles. The number of thioether (sulfide) groups is 1. The van der Waals surface area contributed by atoms with Crippen LogP contribution < -0.4 is 97.2 Å². The smallest absolute Gasteiger partial charge is 0.480 e. The molecule has 1 aliphatic heterocycles. The second-order valence-corrected chi connectivity index (χ2v) is 36.4. The van der Waals surface area contributed by atoms with E-state index < -0.39 is 156 Å². The molecule has 11 amide bonds. The van der Waals surface area contributed by atoms with Crippen LogP contribution in [0.2, 0.25) is 0 Å². The molecule has 0 fully saturated rings. The number of benzene rings is 3. The molecule has 0 aliphatic carbocycles. The van der Waals surface area contributed by atoms with Crippen LogP contribution in [0.15, 0.2) is 84.0 Å². The number of aromatic nitrogens is 2. The number of carboxylic acid groups (broad SMARTS) is 1. The molecule has 2 aromatic heterocycles. The van der Waals surface area contributed by atoms with Crippen molar-refractivity contribution in [3.63, 3.8) is 0 Å². The second kappa shape index (κ2) is 54.2. The van der Waals surface area contributed by atoms with Crippen LogP contribution in [-0.4, -0.2) is 237 Å². The molecule has 6 rings (SSSR count). The Morgan fingerprint density at radius 1 is 0.556 bits per heavy atom. The molecule has 0 unspecified atom stereocenters. The fourth-order valence-corrected chi connectivity index (χ4v) is 17.4. The number of aliphatic imine (C=N–C) groups is 1. The normalized spacial score (nSPS) is 15.1. The van der Waals surface area contributed by atoms with Gasteiger partial charge in [-0.3, -0.25) is 68.6 Å². The van der Waals surface area contributed by atoms with E-state index >= 15 is 14.4 Å². The van der Waals surface area contributed by atoms with Crippen molar-refractivity contribution in [2.45, 2.75) is 224 Å². The number of rotatable bonds is 57. The summed E-state index contributed by atoms with van der Waals surface area (Å²) in [6, 6.07) is 6.37. The number of amides is 11. The van der Waals surface area contributed by atoms with Gasteiger partial charge in [0, 0.05) is 72.8 Å². The van der Waals surface area contributed by atoms with Crippen molar-refractivity contribution in [1.82, 2.24) is 73.8 Å². The molecule has 0 saturated heterocycles. The maximum Gasteiger partial charge on any atom is 0.513 e. The van der Waals surface area contributed by atoms with Gasteiger partial charge in [0.1, 0.15) is 76.2 Å². The van der Waals surface area contributed by atoms with Crippen molar-refractivity contribution < 1.29 is 82.0 Å². The highest BCUT2D eigenvalue weighted by Crippen LogP contribution is 2.33. The molecule has 39 nitrogen and oxygen atoms in total. The molecule has 126 heavy (non-hydrogen) atoms. The molecule has 0 radical (unpaired) electrons. The number of aliphatic hydroxyl groups is 1. The number of aliphatic hydroxyl groups excluding tert-OH is 1. The molecule has 1 aliphatic rings. The number of carbonyl (C=O) groups is 13. The summed E-state index contributed by atoms with van der Waals surface area (Å²) in [6.45, 7) is 12.3. The van der Waals surface area contributed by atoms with Gasteiger partial charge in [0.05, 0.1) is 22.9 Å². The predicted octanol–water partition coefficient (Wildman–Crippen LogP) is 2.13. The van der Waals surface area contributed by atoms with E-state index in [1.165, 1.54) is 51.6 Å². The number of hydrogen-bond acceptors (Lipinski definition) is 26. The zero-order chi connectivity index (χ0) is 92.5. The SMILES string of the molecule is CC(C)C[C@H](NC(=O)[C@H](CCCCN)NC(=O)[C@H](Cc1c[nH]c2ccccc12)NC(=O)[C@H](CCCNC(=N)N)NC(=O)[C@H](CCCCN)NC(=O)[C@H](CC(C)C)NC(=O)[C@@H](NC(=O)[C@H](CCCNC(=N)N)NC(=O)[C@@H](NC(=O)CCSSCCCOC(=O)Oc1ccc2nc(C3=N[C@@H](C(=O)O)CS3)sc2c1)[C@H](C)O)C(C)C)C(=O)N[C@@H](Cc1ccccc1)C(N)=O. The topological polar surface area (TPSA) is 644 Å². The van der Waals surface area contributed by atoms with Crippen LogP contribution in [0.5, 0.6) is 5.75 Å². The van der Waals surface area contributed by atoms with Gasteiger partial charge in [0.2, 0.25) is 65.0 Å². The third-order valence-corrected chi connectivity index (χ3v) is 24.5. The summed E-state index contributed by atoms with van der Waals surface area (Å²) in [7, 11) is 2.73. The molecule has 43 heteroatoms. The van der Waals surface area contributed by atoms with Gasteiger partial charge in [-0.2, -0.15) is 0 Å². The van der Waals surface area contributed by atoms with Gasteiger partial charge in [0.15, 0.2) is 18.0 Å². The quantitative estimate of drug-likeness (QED) is 0.00662. The van der Waals surface area contributed by atoms with E-state index in [-0.39, 0.29) is 145 Å². The zero-order valence-corrected chi connectivity index (χ0v) is 75.3. The largest absolute Gasteiger partial charge is 0.513 e. The van der Waals surface area contributed by atoms with Crippen molar-refractivity contribution in [2.24, 2.45) is 51.4 Å². The third-order valence-electron chi connectivity index (χ3n) is 19.8. The maximum absolute atomic E-state index is 15.2. The Kier molecular flexibility index (Phi) is 44.7. The number of primary amides is 1. The van der Waals surface area contributed by atoms with Crippen molar-refractivity contribution in [1.29, 1.82) is 10.8 Å². The summed E-state index contributed by atoms with van der Waals surface area (Å²) >= 11 is 2.59. The molecular weight excluding hydrogens is 1710 g/mol. The fraction of sp³-hybridized carbons (Fsp3) is 0.554.